The van der Waals surface area contributed by atoms with Gasteiger partial charge in [0.15, 0.2) is 0 Å². The summed E-state index contributed by atoms with van der Waals surface area (Å²) in [7, 11) is 0. The summed E-state index contributed by atoms with van der Waals surface area (Å²) in [6, 6.07) is 0. The van der Waals surface area contributed by atoms with Crippen LogP contribution in [0.15, 0.2) is 12.2 Å². The fourth-order valence-electron chi connectivity index (χ4n) is 4.66. The number of carbonyl (C=O) groups is 1. The summed E-state index contributed by atoms with van der Waals surface area (Å²) in [5, 5.41) is 11.4. The van der Waals surface area contributed by atoms with Gasteiger partial charge in [-0.05, 0) is 50.9 Å². The third-order valence-electron chi connectivity index (χ3n) is 5.44. The number of rotatable bonds is 2. The first-order valence-corrected chi connectivity index (χ1v) is 7.77. The fourth-order valence-corrected chi connectivity index (χ4v) is 4.66. The van der Waals surface area contributed by atoms with Crippen molar-refractivity contribution in [2.75, 3.05) is 0 Å². The maximum atomic E-state index is 11.5. The van der Waals surface area contributed by atoms with Crippen molar-refractivity contribution >= 4 is 5.97 Å². The molecule has 0 amide bonds. The van der Waals surface area contributed by atoms with Crippen molar-refractivity contribution in [2.24, 2.45) is 17.8 Å². The first-order valence-electron chi connectivity index (χ1n) is 7.77. The smallest absolute Gasteiger partial charge is 0.303 e. The van der Waals surface area contributed by atoms with Gasteiger partial charge in [0, 0.05) is 12.8 Å². The molecule has 3 heteroatoms. The molecule has 0 bridgehead atoms. The Hall–Kier alpha value is -0.830. The normalized spacial score (nSPS) is 41.4. The first kappa shape index (κ1) is 15.6. The molecular weight excluding hydrogens is 252 g/mol. The molecule has 4 unspecified atom stereocenters. The van der Waals surface area contributed by atoms with Crippen LogP contribution in [-0.2, 0) is 9.53 Å². The van der Waals surface area contributed by atoms with Crippen LogP contribution in [0, 0.1) is 17.8 Å². The lowest BCUT2D eigenvalue weighted by Gasteiger charge is -2.57. The number of ether oxygens (including phenoxy) is 1. The van der Waals surface area contributed by atoms with Crippen LogP contribution in [0.1, 0.15) is 59.8 Å². The van der Waals surface area contributed by atoms with Gasteiger partial charge in [0.05, 0.1) is 5.60 Å². The summed E-state index contributed by atoms with van der Waals surface area (Å²) in [6.45, 7) is 11.9. The average Bonchev–Trinajstić information content (AvgIpc) is 2.25. The zero-order valence-corrected chi connectivity index (χ0v) is 13.2. The fraction of sp³-hybridized carbons (Fsp3) is 0.824. The van der Waals surface area contributed by atoms with E-state index in [2.05, 4.69) is 20.4 Å². The van der Waals surface area contributed by atoms with Crippen molar-refractivity contribution in [2.45, 2.75) is 71.0 Å². The molecule has 0 aromatic rings. The lowest BCUT2D eigenvalue weighted by Crippen LogP contribution is -2.62. The van der Waals surface area contributed by atoms with Gasteiger partial charge in [0.1, 0.15) is 5.60 Å². The van der Waals surface area contributed by atoms with E-state index in [-0.39, 0.29) is 17.8 Å². The van der Waals surface area contributed by atoms with Crippen LogP contribution in [0.25, 0.3) is 0 Å². The van der Waals surface area contributed by atoms with Gasteiger partial charge in [-0.15, -0.1) is 0 Å². The van der Waals surface area contributed by atoms with E-state index in [9.17, 15) is 9.90 Å². The van der Waals surface area contributed by atoms with Gasteiger partial charge in [-0.3, -0.25) is 4.79 Å². The Morgan fingerprint density at radius 1 is 1.45 bits per heavy atom. The first-order chi connectivity index (χ1) is 9.19. The van der Waals surface area contributed by atoms with E-state index in [1.54, 1.807) is 0 Å². The van der Waals surface area contributed by atoms with Crippen molar-refractivity contribution in [1.29, 1.82) is 0 Å². The molecular formula is C17H28O3. The van der Waals surface area contributed by atoms with Crippen molar-refractivity contribution in [3.63, 3.8) is 0 Å². The van der Waals surface area contributed by atoms with Gasteiger partial charge in [0.25, 0.3) is 0 Å². The summed E-state index contributed by atoms with van der Waals surface area (Å²) < 4.78 is 5.65. The van der Waals surface area contributed by atoms with Crippen LogP contribution < -0.4 is 0 Å². The molecule has 114 valence electrons. The monoisotopic (exact) mass is 280 g/mol. The molecule has 2 fully saturated rings. The zero-order valence-electron chi connectivity index (χ0n) is 13.2. The predicted molar refractivity (Wildman–Crippen MR) is 79.2 cm³/mol. The van der Waals surface area contributed by atoms with E-state index in [4.69, 9.17) is 4.74 Å². The summed E-state index contributed by atoms with van der Waals surface area (Å²) in [6.07, 6.45) is 4.19. The number of aliphatic hydroxyl groups is 1. The molecule has 3 nitrogen and oxygen atoms in total. The second-order valence-electron chi connectivity index (χ2n) is 7.30. The Morgan fingerprint density at radius 2 is 2.10 bits per heavy atom. The molecule has 20 heavy (non-hydrogen) atoms. The van der Waals surface area contributed by atoms with Gasteiger partial charge >= 0.3 is 5.97 Å². The molecule has 2 aliphatic rings. The molecule has 2 saturated carbocycles. The molecule has 1 N–H and O–H groups in total. The highest BCUT2D eigenvalue weighted by Crippen LogP contribution is 2.55. The Kier molecular flexibility index (Phi) is 4.03. The molecule has 0 spiro atoms. The summed E-state index contributed by atoms with van der Waals surface area (Å²) >= 11 is 0. The Morgan fingerprint density at radius 3 is 2.65 bits per heavy atom. The van der Waals surface area contributed by atoms with Crippen LogP contribution in [0.4, 0.5) is 0 Å². The van der Waals surface area contributed by atoms with Crippen molar-refractivity contribution < 1.29 is 14.6 Å². The maximum Gasteiger partial charge on any atom is 0.303 e. The molecule has 0 saturated heterocycles. The van der Waals surface area contributed by atoms with Crippen LogP contribution in [0.2, 0.25) is 0 Å². The number of hydrogen-bond donors (Lipinski definition) is 1. The lowest BCUT2D eigenvalue weighted by molar-refractivity contribution is -0.215. The van der Waals surface area contributed by atoms with Gasteiger partial charge in [-0.1, -0.05) is 26.0 Å². The van der Waals surface area contributed by atoms with Crippen molar-refractivity contribution in [1.82, 2.24) is 0 Å². The largest absolute Gasteiger partial charge is 0.459 e. The quantitative estimate of drug-likeness (QED) is 0.622. The summed E-state index contributed by atoms with van der Waals surface area (Å²) in [5.74, 6) is 0.455. The molecule has 0 aliphatic heterocycles. The molecule has 0 radical (unpaired) electrons. The van der Waals surface area contributed by atoms with E-state index in [1.165, 1.54) is 6.92 Å². The summed E-state index contributed by atoms with van der Waals surface area (Å²) in [4.78, 5) is 11.5. The minimum Gasteiger partial charge on any atom is -0.459 e. The minimum atomic E-state index is -0.772. The van der Waals surface area contributed by atoms with Crippen LogP contribution >= 0.6 is 0 Å². The molecule has 2 aliphatic carbocycles. The number of fused-ring (bicyclic) bond motifs is 1. The Labute approximate surface area is 122 Å². The van der Waals surface area contributed by atoms with E-state index in [1.807, 2.05) is 6.92 Å². The topological polar surface area (TPSA) is 46.5 Å². The third kappa shape index (κ3) is 2.52. The van der Waals surface area contributed by atoms with E-state index in [0.717, 1.165) is 31.3 Å². The molecule has 0 aromatic carbocycles. The second-order valence-corrected chi connectivity index (χ2v) is 7.30. The maximum absolute atomic E-state index is 11.5. The Bertz CT molecular complexity index is 414. The van der Waals surface area contributed by atoms with Gasteiger partial charge < -0.3 is 9.84 Å². The number of hydrogen-bond acceptors (Lipinski definition) is 3. The molecule has 0 aromatic heterocycles. The van der Waals surface area contributed by atoms with Crippen LogP contribution in [0.3, 0.4) is 0 Å². The molecule has 4 atom stereocenters. The van der Waals surface area contributed by atoms with Gasteiger partial charge in [-0.2, -0.15) is 0 Å². The van der Waals surface area contributed by atoms with E-state index < -0.39 is 11.2 Å². The minimum absolute atomic E-state index is 0.0190. The van der Waals surface area contributed by atoms with E-state index in [0.29, 0.717) is 12.3 Å². The standard InChI is InChI=1S/C17H28O3/c1-11(2)14-8-9-16(5,20-13(4)18)15-7-6-12(3)10-17(14,15)19/h11,14-15,19H,3,6-10H2,1-2,4-5H3. The Balaban J connectivity index is 2.36. The second kappa shape index (κ2) is 5.18. The molecule has 2 rings (SSSR count). The average molecular weight is 280 g/mol. The highest BCUT2D eigenvalue weighted by atomic mass is 16.6. The van der Waals surface area contributed by atoms with Crippen LogP contribution in [0.5, 0.6) is 0 Å². The van der Waals surface area contributed by atoms with Gasteiger partial charge in [-0.25, -0.2) is 0 Å². The SMILES string of the molecule is C=C1CCC2C(C)(OC(C)=O)CCC(C(C)C)C2(O)C1. The molecule has 0 heterocycles. The van der Waals surface area contributed by atoms with Crippen LogP contribution in [-0.4, -0.2) is 22.3 Å². The highest BCUT2D eigenvalue weighted by Gasteiger charge is 2.58. The number of esters is 1. The highest BCUT2D eigenvalue weighted by molar-refractivity contribution is 5.66. The zero-order chi connectivity index (χ0) is 15.1. The van der Waals surface area contributed by atoms with Crippen molar-refractivity contribution in [3.05, 3.63) is 12.2 Å². The lowest BCUT2D eigenvalue weighted by atomic mass is 9.54. The predicted octanol–water partition coefficient (Wildman–Crippen LogP) is 3.46. The van der Waals surface area contributed by atoms with Crippen molar-refractivity contribution in [3.8, 4) is 0 Å². The van der Waals surface area contributed by atoms with E-state index >= 15 is 0 Å². The third-order valence-corrected chi connectivity index (χ3v) is 5.44. The number of carbonyl (C=O) groups excluding carboxylic acids is 1. The summed E-state index contributed by atoms with van der Waals surface area (Å²) in [5.41, 5.74) is -0.181. The van der Waals surface area contributed by atoms with Gasteiger partial charge in [0.2, 0.25) is 0 Å².